The second-order valence-electron chi connectivity index (χ2n) is 5.89. The van der Waals surface area contributed by atoms with Gasteiger partial charge in [0.15, 0.2) is 0 Å². The van der Waals surface area contributed by atoms with Crippen molar-refractivity contribution in [1.82, 2.24) is 4.90 Å². The topological polar surface area (TPSA) is 61.8 Å². The average Bonchev–Trinajstić information content (AvgIpc) is 2.99. The monoisotopic (exact) mass is 306 g/mol. The number of aliphatic hydroxyl groups excluding tert-OH is 1. The van der Waals surface area contributed by atoms with Crippen LogP contribution in [-0.2, 0) is 0 Å². The van der Waals surface area contributed by atoms with Gasteiger partial charge in [-0.3, -0.25) is 0 Å². The van der Waals surface area contributed by atoms with Crippen LogP contribution in [0.25, 0.3) is 0 Å². The van der Waals surface area contributed by atoms with E-state index in [2.05, 4.69) is 12.2 Å². The van der Waals surface area contributed by atoms with Crippen LogP contribution in [0, 0.1) is 12.8 Å². The Morgan fingerprint density at radius 3 is 2.95 bits per heavy atom. The molecule has 0 aromatic heterocycles. The van der Waals surface area contributed by atoms with Crippen LogP contribution < -0.4 is 10.1 Å². The van der Waals surface area contributed by atoms with E-state index in [1.165, 1.54) is 0 Å². The Labute approximate surface area is 132 Å². The number of anilines is 1. The molecule has 2 amide bonds. The van der Waals surface area contributed by atoms with Crippen LogP contribution in [0.5, 0.6) is 5.75 Å². The number of benzene rings is 1. The maximum absolute atomic E-state index is 12.2. The number of urea groups is 1. The van der Waals surface area contributed by atoms with Crippen molar-refractivity contribution in [3.05, 3.63) is 23.8 Å². The number of likely N-dealkylation sites (tertiary alicyclic amines) is 1. The molecule has 1 saturated heterocycles. The summed E-state index contributed by atoms with van der Waals surface area (Å²) in [5, 5.41) is 12.1. The zero-order chi connectivity index (χ0) is 15.9. The van der Waals surface area contributed by atoms with Crippen LogP contribution in [0.15, 0.2) is 18.2 Å². The van der Waals surface area contributed by atoms with Crippen LogP contribution >= 0.6 is 0 Å². The van der Waals surface area contributed by atoms with Gasteiger partial charge in [0.25, 0.3) is 0 Å². The lowest BCUT2D eigenvalue weighted by molar-refractivity contribution is 0.208. The third kappa shape index (κ3) is 4.37. The van der Waals surface area contributed by atoms with E-state index in [4.69, 9.17) is 9.84 Å². The molecule has 1 heterocycles. The normalized spacial score (nSPS) is 17.6. The van der Waals surface area contributed by atoms with E-state index in [1.54, 1.807) is 4.90 Å². The van der Waals surface area contributed by atoms with Gasteiger partial charge in [0, 0.05) is 31.3 Å². The van der Waals surface area contributed by atoms with Gasteiger partial charge in [0.2, 0.25) is 0 Å². The molecule has 5 nitrogen and oxygen atoms in total. The maximum atomic E-state index is 12.2. The van der Waals surface area contributed by atoms with Crippen LogP contribution in [-0.4, -0.2) is 42.3 Å². The van der Waals surface area contributed by atoms with Crippen LogP contribution in [0.3, 0.4) is 0 Å². The van der Waals surface area contributed by atoms with Crippen molar-refractivity contribution in [3.8, 4) is 5.75 Å². The quantitative estimate of drug-likeness (QED) is 0.794. The number of hydrogen-bond acceptors (Lipinski definition) is 3. The molecule has 0 saturated carbocycles. The predicted molar refractivity (Wildman–Crippen MR) is 87.4 cm³/mol. The van der Waals surface area contributed by atoms with Crippen molar-refractivity contribution in [2.75, 3.05) is 31.6 Å². The summed E-state index contributed by atoms with van der Waals surface area (Å²) in [6.07, 6.45) is 3.02. The number of carbonyl (C=O) groups is 1. The molecule has 1 aromatic carbocycles. The first kappa shape index (κ1) is 16.6. The number of carbonyl (C=O) groups excluding carboxylic acids is 1. The molecule has 22 heavy (non-hydrogen) atoms. The van der Waals surface area contributed by atoms with Gasteiger partial charge in [0.1, 0.15) is 5.75 Å². The molecule has 1 aliphatic heterocycles. The minimum atomic E-state index is -0.0984. The molecule has 2 rings (SSSR count). The number of ether oxygens (including phenoxy) is 1. The maximum Gasteiger partial charge on any atom is 0.321 e. The number of rotatable bonds is 6. The van der Waals surface area contributed by atoms with Crippen molar-refractivity contribution in [2.45, 2.75) is 33.1 Å². The Kier molecular flexibility index (Phi) is 6.07. The Balaban J connectivity index is 1.91. The van der Waals surface area contributed by atoms with Crippen LogP contribution in [0.1, 0.15) is 31.7 Å². The molecule has 2 N–H and O–H groups in total. The van der Waals surface area contributed by atoms with Crippen molar-refractivity contribution >= 4 is 11.7 Å². The second-order valence-corrected chi connectivity index (χ2v) is 5.89. The fraction of sp³-hybridized carbons (Fsp3) is 0.588. The van der Waals surface area contributed by atoms with E-state index >= 15 is 0 Å². The summed E-state index contributed by atoms with van der Waals surface area (Å²) in [5.41, 5.74) is 1.79. The van der Waals surface area contributed by atoms with Crippen molar-refractivity contribution in [3.63, 3.8) is 0 Å². The molecule has 0 spiro atoms. The molecule has 122 valence electrons. The third-order valence-electron chi connectivity index (χ3n) is 4.04. The van der Waals surface area contributed by atoms with E-state index in [0.29, 0.717) is 13.1 Å². The van der Waals surface area contributed by atoms with Gasteiger partial charge in [-0.15, -0.1) is 0 Å². The van der Waals surface area contributed by atoms with E-state index < -0.39 is 0 Å². The number of nitrogens with zero attached hydrogens (tertiary/aromatic N) is 1. The zero-order valence-electron chi connectivity index (χ0n) is 13.5. The summed E-state index contributed by atoms with van der Waals surface area (Å²) < 4.78 is 5.66. The molecular formula is C17H26N2O3. The Morgan fingerprint density at radius 1 is 1.50 bits per heavy atom. The number of hydrogen-bond donors (Lipinski definition) is 2. The predicted octanol–water partition coefficient (Wildman–Crippen LogP) is 3.02. The van der Waals surface area contributed by atoms with E-state index in [1.807, 2.05) is 25.1 Å². The summed E-state index contributed by atoms with van der Waals surface area (Å²) in [6.45, 7) is 6.29. The van der Waals surface area contributed by atoms with Gasteiger partial charge < -0.3 is 20.1 Å². The summed E-state index contributed by atoms with van der Waals surface area (Å²) in [5.74, 6) is 1.05. The first-order chi connectivity index (χ1) is 10.6. The minimum absolute atomic E-state index is 0.0984. The Morgan fingerprint density at radius 2 is 2.32 bits per heavy atom. The van der Waals surface area contributed by atoms with E-state index in [-0.39, 0.29) is 18.6 Å². The number of nitrogens with one attached hydrogen (secondary N) is 1. The van der Waals surface area contributed by atoms with E-state index in [0.717, 1.165) is 42.9 Å². The lowest BCUT2D eigenvalue weighted by Gasteiger charge is -2.18. The summed E-state index contributed by atoms with van der Waals surface area (Å²) in [4.78, 5) is 14.0. The summed E-state index contributed by atoms with van der Waals surface area (Å²) >= 11 is 0. The minimum Gasteiger partial charge on any atom is -0.494 e. The fourth-order valence-corrected chi connectivity index (χ4v) is 2.56. The van der Waals surface area contributed by atoms with Gasteiger partial charge in [-0.1, -0.05) is 13.3 Å². The van der Waals surface area contributed by atoms with Crippen LogP contribution in [0.4, 0.5) is 10.5 Å². The molecule has 1 aromatic rings. The average molecular weight is 306 g/mol. The lowest BCUT2D eigenvalue weighted by atomic mass is 10.1. The molecule has 0 radical (unpaired) electrons. The largest absolute Gasteiger partial charge is 0.494 e. The molecule has 1 aliphatic rings. The van der Waals surface area contributed by atoms with Crippen molar-refractivity contribution < 1.29 is 14.6 Å². The summed E-state index contributed by atoms with van der Waals surface area (Å²) in [6, 6.07) is 5.62. The van der Waals surface area contributed by atoms with Gasteiger partial charge >= 0.3 is 6.03 Å². The third-order valence-corrected chi connectivity index (χ3v) is 4.04. The Bertz CT molecular complexity index is 505. The molecule has 0 aliphatic carbocycles. The highest BCUT2D eigenvalue weighted by atomic mass is 16.5. The molecule has 0 bridgehead atoms. The number of aryl methyl sites for hydroxylation is 1. The van der Waals surface area contributed by atoms with Gasteiger partial charge in [-0.05, 0) is 43.5 Å². The molecule has 1 atom stereocenters. The first-order valence-corrected chi connectivity index (χ1v) is 8.04. The van der Waals surface area contributed by atoms with Crippen LogP contribution in [0.2, 0.25) is 0 Å². The number of unbranched alkanes of at least 4 members (excludes halogenated alkanes) is 1. The highest BCUT2D eigenvalue weighted by Crippen LogP contribution is 2.23. The molecule has 1 unspecified atom stereocenters. The second kappa shape index (κ2) is 8.03. The molecule has 5 heteroatoms. The standard InChI is InChI=1S/C17H26N2O3/c1-3-4-9-22-15-5-6-16(13(2)10-15)18-17(21)19-8-7-14(11-19)12-20/h5-6,10,14,20H,3-4,7-9,11-12H2,1-2H3,(H,18,21). The Hall–Kier alpha value is -1.75. The summed E-state index contributed by atoms with van der Waals surface area (Å²) in [7, 11) is 0. The lowest BCUT2D eigenvalue weighted by Crippen LogP contribution is -2.33. The SMILES string of the molecule is CCCCOc1ccc(NC(=O)N2CCC(CO)C2)c(C)c1. The zero-order valence-corrected chi connectivity index (χ0v) is 13.5. The van der Waals surface area contributed by atoms with Crippen molar-refractivity contribution in [2.24, 2.45) is 5.92 Å². The number of aliphatic hydroxyl groups is 1. The first-order valence-electron chi connectivity index (χ1n) is 8.04. The van der Waals surface area contributed by atoms with Gasteiger partial charge in [0.05, 0.1) is 6.61 Å². The molecule has 1 fully saturated rings. The van der Waals surface area contributed by atoms with Gasteiger partial charge in [-0.25, -0.2) is 4.79 Å². The van der Waals surface area contributed by atoms with Gasteiger partial charge in [-0.2, -0.15) is 0 Å². The highest BCUT2D eigenvalue weighted by molar-refractivity contribution is 5.90. The number of amides is 2. The fourth-order valence-electron chi connectivity index (χ4n) is 2.56. The highest BCUT2D eigenvalue weighted by Gasteiger charge is 2.25. The van der Waals surface area contributed by atoms with Crippen molar-refractivity contribution in [1.29, 1.82) is 0 Å². The van der Waals surface area contributed by atoms with E-state index in [9.17, 15) is 4.79 Å². The molecular weight excluding hydrogens is 280 g/mol. The smallest absolute Gasteiger partial charge is 0.321 e.